The Morgan fingerprint density at radius 1 is 1.07 bits per heavy atom. The maximum absolute atomic E-state index is 13.3. The summed E-state index contributed by atoms with van der Waals surface area (Å²) in [6, 6.07) is 11.9. The molecule has 0 unspecified atom stereocenters. The lowest BCUT2D eigenvalue weighted by atomic mass is 9.98. The molecule has 1 aliphatic rings. The highest BCUT2D eigenvalue weighted by molar-refractivity contribution is 6.06. The van der Waals surface area contributed by atoms with Crippen LogP contribution in [0, 0.1) is 0 Å². The van der Waals surface area contributed by atoms with Gasteiger partial charge in [0.25, 0.3) is 0 Å². The van der Waals surface area contributed by atoms with Crippen molar-refractivity contribution in [2.45, 2.75) is 25.9 Å². The van der Waals surface area contributed by atoms with Gasteiger partial charge in [-0.25, -0.2) is 9.59 Å². The Morgan fingerprint density at radius 3 is 2.44 bits per heavy atom. The molecule has 3 heterocycles. The zero-order valence-electron chi connectivity index (χ0n) is 15.4. The number of aliphatic carboxylic acids is 1. The predicted molar refractivity (Wildman–Crippen MR) is 104 cm³/mol. The highest BCUT2D eigenvalue weighted by atomic mass is 16.4. The summed E-state index contributed by atoms with van der Waals surface area (Å²) in [6.07, 6.45) is 2.05. The van der Waals surface area contributed by atoms with Crippen molar-refractivity contribution in [3.8, 4) is 11.1 Å². The van der Waals surface area contributed by atoms with Crippen LogP contribution in [0.4, 0.5) is 0 Å². The van der Waals surface area contributed by atoms with Crippen molar-refractivity contribution in [2.24, 2.45) is 7.05 Å². The molecule has 0 saturated carbocycles. The Kier molecular flexibility index (Phi) is 2.90. The molecule has 6 heteroatoms. The third-order valence-corrected chi connectivity index (χ3v) is 5.74. The highest BCUT2D eigenvalue weighted by Crippen LogP contribution is 2.39. The second-order valence-electron chi connectivity index (χ2n) is 7.71. The second-order valence-corrected chi connectivity index (χ2v) is 7.71. The zero-order valence-corrected chi connectivity index (χ0v) is 15.4. The number of hydrogen-bond donors (Lipinski definition) is 1. The van der Waals surface area contributed by atoms with E-state index in [9.17, 15) is 14.7 Å². The number of rotatable bonds is 2. The minimum atomic E-state index is -1.34. The molecule has 2 aromatic carbocycles. The van der Waals surface area contributed by atoms with E-state index in [-0.39, 0.29) is 5.69 Å². The number of hydrogen-bond acceptors (Lipinski definition) is 2. The van der Waals surface area contributed by atoms with Crippen LogP contribution >= 0.6 is 0 Å². The van der Waals surface area contributed by atoms with Crippen LogP contribution in [0.3, 0.4) is 0 Å². The Bertz CT molecular complexity index is 1330. The molecule has 5 rings (SSSR count). The first-order valence-corrected chi connectivity index (χ1v) is 8.88. The Hall–Kier alpha value is -3.28. The van der Waals surface area contributed by atoms with Crippen molar-refractivity contribution >= 4 is 27.9 Å². The number of carboxylic acids is 1. The molecule has 0 aliphatic carbocycles. The molecule has 27 heavy (non-hydrogen) atoms. The molecule has 0 atom stereocenters. The number of fused-ring (bicyclic) bond motifs is 1. The Labute approximate surface area is 154 Å². The average Bonchev–Trinajstić information content (AvgIpc) is 3.04. The first kappa shape index (κ1) is 15.9. The van der Waals surface area contributed by atoms with Crippen molar-refractivity contribution in [3.05, 3.63) is 58.6 Å². The number of aromatic nitrogens is 3. The van der Waals surface area contributed by atoms with Gasteiger partial charge in [-0.15, -0.1) is 0 Å². The summed E-state index contributed by atoms with van der Waals surface area (Å²) >= 11 is 0. The van der Waals surface area contributed by atoms with E-state index in [1.54, 1.807) is 18.4 Å². The SMILES string of the molecule is Cn1cc2c3c(cccc31)-c1cccc3c1n(c(=O)n3C(C)(C)C(=O)O)C2. The van der Waals surface area contributed by atoms with E-state index in [0.29, 0.717) is 12.1 Å². The first-order valence-electron chi connectivity index (χ1n) is 8.88. The molecule has 0 spiro atoms. The maximum atomic E-state index is 13.3. The number of carbonyl (C=O) groups is 1. The summed E-state index contributed by atoms with van der Waals surface area (Å²) in [4.78, 5) is 25.2. The summed E-state index contributed by atoms with van der Waals surface area (Å²) in [7, 11) is 2.00. The van der Waals surface area contributed by atoms with Gasteiger partial charge in [0.2, 0.25) is 0 Å². The van der Waals surface area contributed by atoms with E-state index in [1.165, 1.54) is 4.57 Å². The fourth-order valence-corrected chi connectivity index (χ4v) is 4.37. The lowest BCUT2D eigenvalue weighted by Crippen LogP contribution is -2.43. The van der Waals surface area contributed by atoms with Crippen LogP contribution in [0.5, 0.6) is 0 Å². The van der Waals surface area contributed by atoms with Gasteiger partial charge in [0.05, 0.1) is 17.6 Å². The van der Waals surface area contributed by atoms with Gasteiger partial charge in [0.1, 0.15) is 5.54 Å². The molecule has 4 aromatic rings. The molecular weight excluding hydrogens is 342 g/mol. The highest BCUT2D eigenvalue weighted by Gasteiger charge is 2.35. The standard InChI is InChI=1S/C21H19N3O3/c1-21(2,19(25)26)24-16-9-5-7-14-13-6-4-8-15-17(13)12(10-22(15)3)11-23(18(14)16)20(24)27/h4-10H,11H2,1-3H3,(H,25,26). The molecule has 1 N–H and O–H groups in total. The third-order valence-electron chi connectivity index (χ3n) is 5.74. The van der Waals surface area contributed by atoms with Crippen LogP contribution < -0.4 is 5.69 Å². The van der Waals surface area contributed by atoms with Gasteiger partial charge < -0.3 is 9.67 Å². The topological polar surface area (TPSA) is 69.2 Å². The van der Waals surface area contributed by atoms with E-state index >= 15 is 0 Å². The molecule has 0 saturated heterocycles. The van der Waals surface area contributed by atoms with Crippen LogP contribution in [0.1, 0.15) is 19.4 Å². The summed E-state index contributed by atoms with van der Waals surface area (Å²) in [6.45, 7) is 3.55. The van der Waals surface area contributed by atoms with Crippen LogP contribution in [0.15, 0.2) is 47.4 Å². The van der Waals surface area contributed by atoms with Crippen molar-refractivity contribution in [1.82, 2.24) is 13.7 Å². The van der Waals surface area contributed by atoms with E-state index in [2.05, 4.69) is 22.9 Å². The summed E-state index contributed by atoms with van der Waals surface area (Å²) in [5.74, 6) is -1.03. The molecule has 0 amide bonds. The fraction of sp³-hybridized carbons (Fsp3) is 0.238. The van der Waals surface area contributed by atoms with Gasteiger partial charge in [-0.1, -0.05) is 24.3 Å². The molecular formula is C21H19N3O3. The molecule has 2 aromatic heterocycles. The fourth-order valence-electron chi connectivity index (χ4n) is 4.37. The lowest BCUT2D eigenvalue weighted by Gasteiger charge is -2.21. The minimum Gasteiger partial charge on any atom is -0.480 e. The van der Waals surface area contributed by atoms with Crippen LogP contribution in [0.25, 0.3) is 33.1 Å². The van der Waals surface area contributed by atoms with Crippen LogP contribution in [-0.4, -0.2) is 24.8 Å². The second kappa shape index (κ2) is 4.91. The Morgan fingerprint density at radius 2 is 1.74 bits per heavy atom. The number of aryl methyl sites for hydroxylation is 1. The van der Waals surface area contributed by atoms with Crippen molar-refractivity contribution < 1.29 is 9.90 Å². The molecule has 0 bridgehead atoms. The molecule has 136 valence electrons. The van der Waals surface area contributed by atoms with Crippen molar-refractivity contribution in [1.29, 1.82) is 0 Å². The van der Waals surface area contributed by atoms with E-state index in [0.717, 1.165) is 33.1 Å². The molecule has 0 radical (unpaired) electrons. The number of para-hydroxylation sites is 1. The lowest BCUT2D eigenvalue weighted by molar-refractivity contribution is -0.145. The largest absolute Gasteiger partial charge is 0.480 e. The maximum Gasteiger partial charge on any atom is 0.330 e. The molecule has 6 nitrogen and oxygen atoms in total. The third kappa shape index (κ3) is 1.84. The zero-order chi connectivity index (χ0) is 19.1. The summed E-state index contributed by atoms with van der Waals surface area (Å²) in [5.41, 5.74) is 4.02. The van der Waals surface area contributed by atoms with E-state index < -0.39 is 11.5 Å². The van der Waals surface area contributed by atoms with Gasteiger partial charge in [0, 0.05) is 29.7 Å². The van der Waals surface area contributed by atoms with Crippen molar-refractivity contribution in [3.63, 3.8) is 0 Å². The summed E-state index contributed by atoms with van der Waals surface area (Å²) in [5, 5.41) is 10.9. The number of imidazole rings is 1. The number of carboxylic acid groups (broad SMARTS) is 1. The van der Waals surface area contributed by atoms with Gasteiger partial charge in [0.15, 0.2) is 0 Å². The van der Waals surface area contributed by atoms with Gasteiger partial charge >= 0.3 is 11.7 Å². The number of benzene rings is 2. The van der Waals surface area contributed by atoms with Gasteiger partial charge in [-0.2, -0.15) is 0 Å². The monoisotopic (exact) mass is 361 g/mol. The van der Waals surface area contributed by atoms with E-state index in [4.69, 9.17) is 0 Å². The molecule has 1 aliphatic heterocycles. The number of nitrogens with zero attached hydrogens (tertiary/aromatic N) is 3. The predicted octanol–water partition coefficient (Wildman–Crippen LogP) is 3.14. The normalized spacial score (nSPS) is 13.3. The van der Waals surface area contributed by atoms with Gasteiger partial charge in [-0.05, 0) is 37.1 Å². The van der Waals surface area contributed by atoms with Crippen molar-refractivity contribution in [2.75, 3.05) is 0 Å². The average molecular weight is 361 g/mol. The van der Waals surface area contributed by atoms with Gasteiger partial charge in [-0.3, -0.25) is 9.13 Å². The van der Waals surface area contributed by atoms with E-state index in [1.807, 2.05) is 31.3 Å². The minimum absolute atomic E-state index is 0.297. The first-order chi connectivity index (χ1) is 12.8. The quantitative estimate of drug-likeness (QED) is 0.525. The molecule has 0 fully saturated rings. The Balaban J connectivity index is 1.99. The van der Waals surface area contributed by atoms with Crippen LogP contribution in [-0.2, 0) is 23.9 Å². The van der Waals surface area contributed by atoms with Crippen LogP contribution in [0.2, 0.25) is 0 Å². The summed E-state index contributed by atoms with van der Waals surface area (Å²) < 4.78 is 5.19. The smallest absolute Gasteiger partial charge is 0.330 e.